The molecule has 2 N–H and O–H groups in total. The summed E-state index contributed by atoms with van der Waals surface area (Å²) < 4.78 is 35.3. The number of alkyl halides is 4. The number of carbonyl (C=O) groups excluding carboxylic acids is 1. The first-order chi connectivity index (χ1) is 6.09. The minimum absolute atomic E-state index is 0.755. The molecule has 0 unspecified atom stereocenters. The van der Waals surface area contributed by atoms with Crippen molar-refractivity contribution in [3.8, 4) is 0 Å². The lowest BCUT2D eigenvalue weighted by atomic mass is 10.2. The first-order valence-corrected chi connectivity index (χ1v) is 4.84. The Hall–Kier alpha value is -0.0500. The van der Waals surface area contributed by atoms with E-state index >= 15 is 0 Å². The third-order valence-corrected chi connectivity index (χ3v) is 1.91. The van der Waals surface area contributed by atoms with Crippen LogP contribution in [0.25, 0.3) is 0 Å². The molecule has 0 radical (unpaired) electrons. The molecule has 0 spiro atoms. The Morgan fingerprint density at radius 2 is 1.93 bits per heavy atom. The van der Waals surface area contributed by atoms with Crippen molar-refractivity contribution in [1.29, 1.82) is 0 Å². The molecule has 7 heteroatoms. The molecule has 14 heavy (non-hydrogen) atoms. The van der Waals surface area contributed by atoms with E-state index in [9.17, 15) is 18.0 Å². The van der Waals surface area contributed by atoms with Crippen LogP contribution in [0.1, 0.15) is 13.8 Å². The van der Waals surface area contributed by atoms with E-state index in [0.29, 0.717) is 0 Å². The van der Waals surface area contributed by atoms with E-state index in [1.807, 2.05) is 0 Å². The van der Waals surface area contributed by atoms with Crippen molar-refractivity contribution in [1.82, 2.24) is 5.32 Å². The quantitative estimate of drug-likeness (QED) is 0.606. The molecule has 0 aliphatic carbocycles. The van der Waals surface area contributed by atoms with Crippen molar-refractivity contribution in [2.75, 3.05) is 6.61 Å². The second kappa shape index (κ2) is 4.65. The van der Waals surface area contributed by atoms with E-state index in [2.05, 4.69) is 0 Å². The van der Waals surface area contributed by atoms with Gasteiger partial charge in [-0.1, -0.05) is 22.6 Å². The van der Waals surface area contributed by atoms with Crippen LogP contribution in [-0.4, -0.2) is 33.3 Å². The molecule has 1 amide bonds. The van der Waals surface area contributed by atoms with Crippen LogP contribution in [-0.2, 0) is 4.79 Å². The number of rotatable bonds is 3. The van der Waals surface area contributed by atoms with Gasteiger partial charge in [0.15, 0.2) is 0 Å². The van der Waals surface area contributed by atoms with E-state index in [1.165, 1.54) is 13.8 Å². The van der Waals surface area contributed by atoms with Gasteiger partial charge < -0.3 is 10.4 Å². The van der Waals surface area contributed by atoms with Crippen LogP contribution in [0, 0.1) is 0 Å². The van der Waals surface area contributed by atoms with Crippen molar-refractivity contribution in [2.45, 2.75) is 29.5 Å². The normalized spacial score (nSPS) is 15.1. The highest BCUT2D eigenvalue weighted by Crippen LogP contribution is 2.22. The smallest absolute Gasteiger partial charge is 0.394 e. The van der Waals surface area contributed by atoms with E-state index in [4.69, 9.17) is 5.11 Å². The van der Waals surface area contributed by atoms with E-state index in [-0.39, 0.29) is 0 Å². The number of hydrogen-bond acceptors (Lipinski definition) is 2. The topological polar surface area (TPSA) is 49.3 Å². The molecule has 0 bridgehead atoms. The van der Waals surface area contributed by atoms with Crippen LogP contribution in [0.4, 0.5) is 13.2 Å². The van der Waals surface area contributed by atoms with Crippen molar-refractivity contribution in [3.05, 3.63) is 0 Å². The van der Waals surface area contributed by atoms with Crippen LogP contribution < -0.4 is 5.32 Å². The summed E-state index contributed by atoms with van der Waals surface area (Å²) in [4.78, 5) is 11.2. The van der Waals surface area contributed by atoms with E-state index < -0.39 is 28.2 Å². The lowest BCUT2D eigenvalue weighted by molar-refractivity contribution is -0.168. The number of hydrogen-bond donors (Lipinski definition) is 2. The largest absolute Gasteiger partial charge is 0.410 e. The maximum atomic E-state index is 12.1. The van der Waals surface area contributed by atoms with Crippen LogP contribution in [0.2, 0.25) is 0 Å². The number of carbonyl (C=O) groups is 1. The van der Waals surface area contributed by atoms with Gasteiger partial charge in [0.1, 0.15) is 6.04 Å². The zero-order chi connectivity index (χ0) is 11.6. The van der Waals surface area contributed by atoms with Crippen molar-refractivity contribution >= 4 is 28.5 Å². The fourth-order valence-corrected chi connectivity index (χ4v) is 0.717. The zero-order valence-corrected chi connectivity index (χ0v) is 9.81. The zero-order valence-electron chi connectivity index (χ0n) is 7.65. The third-order valence-electron chi connectivity index (χ3n) is 1.42. The van der Waals surface area contributed by atoms with Gasteiger partial charge in [-0.25, -0.2) is 0 Å². The monoisotopic (exact) mass is 325 g/mol. The average molecular weight is 325 g/mol. The molecule has 0 saturated heterocycles. The minimum Gasteiger partial charge on any atom is -0.394 e. The summed E-state index contributed by atoms with van der Waals surface area (Å²) in [5.74, 6) is -0.755. The first kappa shape index (κ1) is 13.9. The third kappa shape index (κ3) is 4.45. The van der Waals surface area contributed by atoms with Gasteiger partial charge in [0.25, 0.3) is 0 Å². The molecule has 0 aliphatic rings. The molecule has 0 aromatic carbocycles. The molecular formula is C7H11F3INO2. The van der Waals surface area contributed by atoms with Crippen molar-refractivity contribution < 1.29 is 23.1 Å². The van der Waals surface area contributed by atoms with Gasteiger partial charge >= 0.3 is 6.18 Å². The Morgan fingerprint density at radius 1 is 1.50 bits per heavy atom. The molecule has 0 rings (SSSR count). The molecule has 84 valence electrons. The molecule has 0 aromatic heterocycles. The standard InChI is InChI=1S/C7H11F3INO2/c1-6(2,11)5(14)12-4(3-13)7(8,9)10/h4,13H,3H2,1-2H3,(H,12,14)/t4-/m1/s1. The first-order valence-electron chi connectivity index (χ1n) is 3.76. The Balaban J connectivity index is 4.43. The molecule has 0 fully saturated rings. The Bertz CT molecular complexity index is 212. The summed E-state index contributed by atoms with van der Waals surface area (Å²) in [5, 5.41) is 10.2. The second-order valence-electron chi connectivity index (χ2n) is 3.22. The number of nitrogens with one attached hydrogen (secondary N) is 1. The number of amides is 1. The number of halogens is 4. The molecule has 0 aromatic rings. The van der Waals surface area contributed by atoms with E-state index in [1.54, 1.807) is 27.9 Å². The van der Waals surface area contributed by atoms with Gasteiger partial charge in [-0.15, -0.1) is 0 Å². The number of aliphatic hydroxyl groups excluding tert-OH is 1. The molecule has 0 saturated carbocycles. The summed E-state index contributed by atoms with van der Waals surface area (Å²) >= 11 is 1.72. The van der Waals surface area contributed by atoms with Gasteiger partial charge in [0, 0.05) is 0 Å². The van der Waals surface area contributed by atoms with Crippen molar-refractivity contribution in [2.24, 2.45) is 0 Å². The predicted molar refractivity (Wildman–Crippen MR) is 53.2 cm³/mol. The lowest BCUT2D eigenvalue weighted by Gasteiger charge is -2.23. The highest BCUT2D eigenvalue weighted by atomic mass is 127. The Kier molecular flexibility index (Phi) is 4.63. The highest BCUT2D eigenvalue weighted by molar-refractivity contribution is 14.1. The SMILES string of the molecule is CC(C)(I)C(=O)N[C@H](CO)C(F)(F)F. The van der Waals surface area contributed by atoms with Gasteiger partial charge in [-0.2, -0.15) is 13.2 Å². The Labute approximate surface area is 93.2 Å². The van der Waals surface area contributed by atoms with Crippen LogP contribution in [0.5, 0.6) is 0 Å². The molecule has 1 atom stereocenters. The van der Waals surface area contributed by atoms with Crippen molar-refractivity contribution in [3.63, 3.8) is 0 Å². The van der Waals surface area contributed by atoms with Gasteiger partial charge in [-0.05, 0) is 13.8 Å². The minimum atomic E-state index is -4.62. The maximum absolute atomic E-state index is 12.1. The molecule has 3 nitrogen and oxygen atoms in total. The number of aliphatic hydroxyl groups is 1. The fraction of sp³-hybridized carbons (Fsp3) is 0.857. The van der Waals surface area contributed by atoms with Crippen LogP contribution in [0.3, 0.4) is 0 Å². The fourth-order valence-electron chi connectivity index (χ4n) is 0.561. The lowest BCUT2D eigenvalue weighted by Crippen LogP contribution is -2.52. The summed E-state index contributed by atoms with van der Waals surface area (Å²) in [6, 6.07) is -2.19. The molecular weight excluding hydrogens is 314 g/mol. The summed E-state index contributed by atoms with van der Waals surface area (Å²) in [6.45, 7) is 1.81. The second-order valence-corrected chi connectivity index (χ2v) is 5.92. The summed E-state index contributed by atoms with van der Waals surface area (Å²) in [5.41, 5.74) is 0. The van der Waals surface area contributed by atoms with E-state index in [0.717, 1.165) is 0 Å². The molecule has 0 heterocycles. The highest BCUT2D eigenvalue weighted by Gasteiger charge is 2.41. The summed E-state index contributed by atoms with van der Waals surface area (Å²) in [6.07, 6.45) is -4.62. The van der Waals surface area contributed by atoms with Gasteiger partial charge in [0.05, 0.1) is 10.0 Å². The van der Waals surface area contributed by atoms with Gasteiger partial charge in [0.2, 0.25) is 5.91 Å². The van der Waals surface area contributed by atoms with Crippen LogP contribution in [0.15, 0.2) is 0 Å². The Morgan fingerprint density at radius 3 is 2.14 bits per heavy atom. The molecule has 0 aliphatic heterocycles. The summed E-state index contributed by atoms with van der Waals surface area (Å²) in [7, 11) is 0. The maximum Gasteiger partial charge on any atom is 0.410 e. The average Bonchev–Trinajstić information content (AvgIpc) is 1.95. The van der Waals surface area contributed by atoms with Crippen LogP contribution >= 0.6 is 22.6 Å². The van der Waals surface area contributed by atoms with Gasteiger partial charge in [-0.3, -0.25) is 4.79 Å². The predicted octanol–water partition coefficient (Wildman–Crippen LogP) is 1.24.